The van der Waals surface area contributed by atoms with Crippen LogP contribution in [0.4, 0.5) is 5.69 Å². The van der Waals surface area contributed by atoms with Gasteiger partial charge in [0.05, 0.1) is 10.4 Å². The number of carbonyl (C=O) groups is 1. The summed E-state index contributed by atoms with van der Waals surface area (Å²) in [5.74, 6) is 0.00512. The second-order valence-electron chi connectivity index (χ2n) is 7.70. The summed E-state index contributed by atoms with van der Waals surface area (Å²) in [6.07, 6.45) is 4.30. The number of rotatable bonds is 2. The van der Waals surface area contributed by atoms with Crippen molar-refractivity contribution in [1.82, 2.24) is 4.90 Å². The number of fused-ring (bicyclic) bond motifs is 1. The predicted octanol–water partition coefficient (Wildman–Crippen LogP) is 4.63. The van der Waals surface area contributed by atoms with Crippen LogP contribution in [-0.2, 0) is 4.79 Å². The standard InChI is InChI=1S/C21H27N3OS/c1-13(2)24-17-9-8-15(10-16(17)14(3)12-21(24,4)5)11-18-19(25)23(7)20(22-6)26-18/h8-13H,1-7H3/b18-11-,22-20?. The molecule has 0 saturated carbocycles. The van der Waals surface area contributed by atoms with Gasteiger partial charge in [0.25, 0.3) is 5.91 Å². The number of allylic oxidation sites excluding steroid dienone is 1. The van der Waals surface area contributed by atoms with Gasteiger partial charge in [0.1, 0.15) is 0 Å². The molecule has 1 saturated heterocycles. The molecule has 1 fully saturated rings. The molecular formula is C21H27N3OS. The minimum Gasteiger partial charge on any atom is -0.360 e. The van der Waals surface area contributed by atoms with Crippen molar-refractivity contribution in [3.63, 3.8) is 0 Å². The first kappa shape index (κ1) is 18.8. The first-order valence-corrected chi connectivity index (χ1v) is 9.75. The van der Waals surface area contributed by atoms with E-state index in [1.54, 1.807) is 19.0 Å². The Kier molecular flexibility index (Phi) is 4.78. The third kappa shape index (κ3) is 3.09. The highest BCUT2D eigenvalue weighted by molar-refractivity contribution is 8.18. The number of anilines is 1. The van der Waals surface area contributed by atoms with Crippen molar-refractivity contribution in [2.75, 3.05) is 19.0 Å². The lowest BCUT2D eigenvalue weighted by molar-refractivity contribution is -0.121. The summed E-state index contributed by atoms with van der Waals surface area (Å²) in [4.78, 5) is 21.3. The van der Waals surface area contributed by atoms with Gasteiger partial charge in [-0.2, -0.15) is 0 Å². The lowest BCUT2D eigenvalue weighted by atomic mass is 9.87. The third-order valence-electron chi connectivity index (χ3n) is 4.90. The molecule has 0 atom stereocenters. The summed E-state index contributed by atoms with van der Waals surface area (Å²) < 4.78 is 0. The highest BCUT2D eigenvalue weighted by Crippen LogP contribution is 2.41. The van der Waals surface area contributed by atoms with Gasteiger partial charge < -0.3 is 4.90 Å². The van der Waals surface area contributed by atoms with E-state index >= 15 is 0 Å². The fraction of sp³-hybridized carbons (Fsp3) is 0.429. The number of aliphatic imine (C=N–C) groups is 1. The zero-order chi connectivity index (χ0) is 19.2. The van der Waals surface area contributed by atoms with E-state index < -0.39 is 0 Å². The van der Waals surface area contributed by atoms with E-state index in [1.807, 2.05) is 6.08 Å². The van der Waals surface area contributed by atoms with Gasteiger partial charge in [0.2, 0.25) is 0 Å². The average Bonchev–Trinajstić information content (AvgIpc) is 2.82. The van der Waals surface area contributed by atoms with Crippen LogP contribution in [0.3, 0.4) is 0 Å². The molecule has 2 aliphatic heterocycles. The molecular weight excluding hydrogens is 342 g/mol. The molecule has 2 heterocycles. The maximum absolute atomic E-state index is 12.4. The van der Waals surface area contributed by atoms with Crippen molar-refractivity contribution in [1.29, 1.82) is 0 Å². The number of benzene rings is 1. The van der Waals surface area contributed by atoms with Crippen LogP contribution in [0.15, 0.2) is 34.2 Å². The first-order chi connectivity index (χ1) is 12.2. The number of nitrogens with zero attached hydrogens (tertiary/aromatic N) is 3. The van der Waals surface area contributed by atoms with Crippen molar-refractivity contribution in [3.8, 4) is 0 Å². The molecule has 1 amide bonds. The maximum atomic E-state index is 12.4. The van der Waals surface area contributed by atoms with E-state index in [4.69, 9.17) is 0 Å². The average molecular weight is 370 g/mol. The second kappa shape index (κ2) is 6.62. The smallest absolute Gasteiger partial charge is 0.266 e. The Morgan fingerprint density at radius 3 is 2.54 bits per heavy atom. The topological polar surface area (TPSA) is 35.9 Å². The quantitative estimate of drug-likeness (QED) is 0.713. The number of likely N-dealkylation sites (N-methyl/N-ethyl adjacent to an activating group) is 1. The van der Waals surface area contributed by atoms with Crippen LogP contribution < -0.4 is 4.90 Å². The summed E-state index contributed by atoms with van der Waals surface area (Å²) in [5, 5.41) is 0.739. The largest absolute Gasteiger partial charge is 0.360 e. The van der Waals surface area contributed by atoms with Gasteiger partial charge in [0, 0.05) is 31.4 Å². The number of amidine groups is 1. The van der Waals surface area contributed by atoms with Crippen molar-refractivity contribution in [3.05, 3.63) is 40.3 Å². The first-order valence-electron chi connectivity index (χ1n) is 8.93. The van der Waals surface area contributed by atoms with E-state index in [1.165, 1.54) is 28.6 Å². The van der Waals surface area contributed by atoms with Crippen LogP contribution in [0.2, 0.25) is 0 Å². The normalized spacial score (nSPS) is 22.5. The molecule has 5 heteroatoms. The minimum atomic E-state index is -0.0162. The molecule has 0 aliphatic carbocycles. The van der Waals surface area contributed by atoms with Crippen molar-refractivity contribution in [2.45, 2.75) is 46.2 Å². The van der Waals surface area contributed by atoms with E-state index in [0.717, 1.165) is 10.7 Å². The molecule has 0 N–H and O–H groups in total. The fourth-order valence-corrected chi connectivity index (χ4v) is 4.93. The van der Waals surface area contributed by atoms with Gasteiger partial charge in [-0.05, 0) is 75.7 Å². The minimum absolute atomic E-state index is 0.00512. The van der Waals surface area contributed by atoms with E-state index in [9.17, 15) is 4.79 Å². The lowest BCUT2D eigenvalue weighted by Crippen LogP contribution is -2.49. The molecule has 0 aromatic heterocycles. The summed E-state index contributed by atoms with van der Waals surface area (Å²) in [6.45, 7) is 11.1. The molecule has 1 aromatic rings. The van der Waals surface area contributed by atoms with Crippen molar-refractivity contribution in [2.24, 2.45) is 4.99 Å². The summed E-state index contributed by atoms with van der Waals surface area (Å²) in [7, 11) is 3.48. The van der Waals surface area contributed by atoms with Gasteiger partial charge in [0.15, 0.2) is 5.17 Å². The van der Waals surface area contributed by atoms with Gasteiger partial charge in [-0.15, -0.1) is 0 Å². The summed E-state index contributed by atoms with van der Waals surface area (Å²) in [6, 6.07) is 6.88. The molecule has 0 bridgehead atoms. The van der Waals surface area contributed by atoms with Gasteiger partial charge in [-0.1, -0.05) is 12.1 Å². The molecule has 0 spiro atoms. The Hall–Kier alpha value is -2.01. The maximum Gasteiger partial charge on any atom is 0.266 e. The number of hydrogen-bond donors (Lipinski definition) is 0. The molecule has 26 heavy (non-hydrogen) atoms. The zero-order valence-electron chi connectivity index (χ0n) is 16.6. The SMILES string of the molecule is CN=C1S/C(=C\c2ccc3c(c2)C(C)=CC(C)(C)N3C(C)C)C(=O)N1C. The number of hydrogen-bond acceptors (Lipinski definition) is 4. The Bertz CT molecular complexity index is 849. The van der Waals surface area contributed by atoms with Crippen LogP contribution in [0, 0.1) is 0 Å². The van der Waals surface area contributed by atoms with Crippen LogP contribution >= 0.6 is 11.8 Å². The summed E-state index contributed by atoms with van der Waals surface area (Å²) in [5.41, 5.74) is 4.80. The third-order valence-corrected chi connectivity index (χ3v) is 6.06. The van der Waals surface area contributed by atoms with Gasteiger partial charge >= 0.3 is 0 Å². The van der Waals surface area contributed by atoms with Crippen LogP contribution in [0.25, 0.3) is 11.6 Å². The molecule has 1 aromatic carbocycles. The van der Waals surface area contributed by atoms with Gasteiger partial charge in [-0.25, -0.2) is 0 Å². The van der Waals surface area contributed by atoms with Crippen LogP contribution in [0.5, 0.6) is 0 Å². The number of amides is 1. The summed E-state index contributed by atoms with van der Waals surface area (Å²) >= 11 is 1.43. The molecule has 4 nitrogen and oxygen atoms in total. The van der Waals surface area contributed by atoms with E-state index in [-0.39, 0.29) is 11.4 Å². The molecule has 3 rings (SSSR count). The molecule has 138 valence electrons. The van der Waals surface area contributed by atoms with E-state index in [2.05, 4.69) is 68.8 Å². The lowest BCUT2D eigenvalue weighted by Gasteiger charge is -2.46. The number of carbonyl (C=O) groups excluding carboxylic acids is 1. The fourth-order valence-electron chi connectivity index (χ4n) is 4.00. The second-order valence-corrected chi connectivity index (χ2v) is 8.71. The Morgan fingerprint density at radius 2 is 1.96 bits per heavy atom. The molecule has 0 radical (unpaired) electrons. The van der Waals surface area contributed by atoms with Crippen molar-refractivity contribution < 1.29 is 4.79 Å². The van der Waals surface area contributed by atoms with Crippen molar-refractivity contribution >= 4 is 40.2 Å². The number of thioether (sulfide) groups is 1. The zero-order valence-corrected chi connectivity index (χ0v) is 17.4. The molecule has 0 unspecified atom stereocenters. The van der Waals surface area contributed by atoms with Crippen LogP contribution in [0.1, 0.15) is 45.7 Å². The highest BCUT2D eigenvalue weighted by atomic mass is 32.2. The predicted molar refractivity (Wildman–Crippen MR) is 113 cm³/mol. The Labute approximate surface area is 160 Å². The van der Waals surface area contributed by atoms with Gasteiger partial charge in [-0.3, -0.25) is 14.7 Å². The van der Waals surface area contributed by atoms with Crippen LogP contribution in [-0.4, -0.2) is 41.7 Å². The monoisotopic (exact) mass is 369 g/mol. The molecule has 2 aliphatic rings. The van der Waals surface area contributed by atoms with E-state index in [0.29, 0.717) is 10.9 Å². The highest BCUT2D eigenvalue weighted by Gasteiger charge is 2.33. The Morgan fingerprint density at radius 1 is 1.27 bits per heavy atom. The Balaban J connectivity index is 2.04.